The van der Waals surface area contributed by atoms with Crippen molar-refractivity contribution < 1.29 is 0 Å². The normalized spacial score (nSPS) is 16.5. The second-order valence-corrected chi connectivity index (χ2v) is 5.68. The number of hydrogen-bond donors (Lipinski definition) is 0. The monoisotopic (exact) mass is 288 g/mol. The van der Waals surface area contributed by atoms with E-state index in [1.165, 1.54) is 5.56 Å². The average molecular weight is 288 g/mol. The average Bonchev–Trinajstić information content (AvgIpc) is 2.99. The minimum atomic E-state index is -0.154. The molecule has 0 radical (unpaired) electrons. The van der Waals surface area contributed by atoms with Crippen LogP contribution in [0, 0.1) is 0 Å². The molecule has 4 rings (SSSR count). The van der Waals surface area contributed by atoms with E-state index in [1.54, 1.807) is 6.07 Å². The van der Waals surface area contributed by atoms with Gasteiger partial charge in [0, 0.05) is 24.9 Å². The quantitative estimate of drug-likeness (QED) is 0.725. The third-order valence-corrected chi connectivity index (χ3v) is 4.27. The maximum atomic E-state index is 11.9. The highest BCUT2D eigenvalue weighted by molar-refractivity contribution is 5.59. The van der Waals surface area contributed by atoms with Gasteiger partial charge in [-0.3, -0.25) is 4.79 Å². The predicted molar refractivity (Wildman–Crippen MR) is 86.8 cm³/mol. The first-order valence-corrected chi connectivity index (χ1v) is 7.52. The van der Waals surface area contributed by atoms with Gasteiger partial charge in [0.05, 0.1) is 5.69 Å². The summed E-state index contributed by atoms with van der Waals surface area (Å²) >= 11 is 0. The van der Waals surface area contributed by atoms with Crippen LogP contribution in [0.2, 0.25) is 0 Å². The van der Waals surface area contributed by atoms with Crippen molar-refractivity contribution in [1.29, 1.82) is 0 Å². The summed E-state index contributed by atoms with van der Waals surface area (Å²) in [6.45, 7) is 0.872. The van der Waals surface area contributed by atoms with Gasteiger partial charge in [-0.2, -0.15) is 4.98 Å². The molecule has 1 atom stereocenters. The summed E-state index contributed by atoms with van der Waals surface area (Å²) in [6.07, 6.45) is 0.819. The van der Waals surface area contributed by atoms with E-state index in [4.69, 9.17) is 0 Å². The zero-order valence-electron chi connectivity index (χ0n) is 12.1. The van der Waals surface area contributed by atoms with Crippen molar-refractivity contribution in [3.05, 3.63) is 88.5 Å². The molecule has 108 valence electrons. The van der Waals surface area contributed by atoms with E-state index >= 15 is 0 Å². The van der Waals surface area contributed by atoms with Crippen molar-refractivity contribution in [2.24, 2.45) is 0 Å². The summed E-state index contributed by atoms with van der Waals surface area (Å²) in [5.41, 5.74) is 3.18. The van der Waals surface area contributed by atoms with Gasteiger partial charge in [-0.05, 0) is 11.1 Å². The van der Waals surface area contributed by atoms with E-state index in [1.807, 2.05) is 36.4 Å². The lowest BCUT2D eigenvalue weighted by molar-refractivity contribution is 0.654. The smallest absolute Gasteiger partial charge is 0.273 e. The van der Waals surface area contributed by atoms with Crippen molar-refractivity contribution in [1.82, 2.24) is 9.55 Å². The molecule has 3 heteroatoms. The summed E-state index contributed by atoms with van der Waals surface area (Å²) in [5, 5.41) is 0. The standard InChI is InChI=1S/C19H16N2O/c22-19-12-17(15-9-5-2-6-10-15)21-13-16(11-18(21)20-19)14-7-3-1-4-8-14/h1-10,12,16H,11,13H2. The summed E-state index contributed by atoms with van der Waals surface area (Å²) < 4.78 is 2.19. The predicted octanol–water partition coefficient (Wildman–Crippen LogP) is 3.25. The number of aromatic nitrogens is 2. The van der Waals surface area contributed by atoms with Gasteiger partial charge in [-0.25, -0.2) is 0 Å². The summed E-state index contributed by atoms with van der Waals surface area (Å²) in [6, 6.07) is 22.2. The number of nitrogens with zero attached hydrogens (tertiary/aromatic N) is 2. The van der Waals surface area contributed by atoms with Crippen LogP contribution in [-0.2, 0) is 13.0 Å². The molecule has 0 fully saturated rings. The maximum Gasteiger partial charge on any atom is 0.273 e. The van der Waals surface area contributed by atoms with Crippen LogP contribution >= 0.6 is 0 Å². The molecule has 3 nitrogen and oxygen atoms in total. The molecular weight excluding hydrogens is 272 g/mol. The third-order valence-electron chi connectivity index (χ3n) is 4.27. The highest BCUT2D eigenvalue weighted by atomic mass is 16.1. The molecule has 0 spiro atoms. The zero-order chi connectivity index (χ0) is 14.9. The largest absolute Gasteiger partial charge is 0.328 e. The van der Waals surface area contributed by atoms with E-state index < -0.39 is 0 Å². The Labute approximate surface area is 128 Å². The molecule has 1 aromatic heterocycles. The lowest BCUT2D eigenvalue weighted by Crippen LogP contribution is -2.14. The first-order valence-electron chi connectivity index (χ1n) is 7.52. The molecular formula is C19H16N2O. The molecule has 0 saturated carbocycles. The van der Waals surface area contributed by atoms with E-state index in [0.29, 0.717) is 5.92 Å². The summed E-state index contributed by atoms with van der Waals surface area (Å²) in [4.78, 5) is 16.2. The van der Waals surface area contributed by atoms with Crippen LogP contribution in [0.1, 0.15) is 17.3 Å². The first kappa shape index (κ1) is 13.0. The zero-order valence-corrected chi connectivity index (χ0v) is 12.1. The Kier molecular flexibility index (Phi) is 3.11. The molecule has 1 aliphatic rings. The van der Waals surface area contributed by atoms with Gasteiger partial charge in [0.15, 0.2) is 0 Å². The SMILES string of the molecule is O=c1cc(-c2ccccc2)n2c(n1)CC(c1ccccc1)C2. The Bertz CT molecular complexity index is 854. The summed E-state index contributed by atoms with van der Waals surface area (Å²) in [7, 11) is 0. The highest BCUT2D eigenvalue weighted by Gasteiger charge is 2.25. The van der Waals surface area contributed by atoms with E-state index in [9.17, 15) is 4.79 Å². The Morgan fingerprint density at radius 2 is 1.64 bits per heavy atom. The second kappa shape index (κ2) is 5.26. The van der Waals surface area contributed by atoms with Gasteiger partial charge in [0.1, 0.15) is 5.82 Å². The number of rotatable bonds is 2. The van der Waals surface area contributed by atoms with Crippen LogP contribution in [0.15, 0.2) is 71.5 Å². The molecule has 0 aliphatic carbocycles. The molecule has 3 aromatic rings. The molecule has 1 aliphatic heterocycles. The lowest BCUT2D eigenvalue weighted by Gasteiger charge is -2.12. The number of hydrogen-bond acceptors (Lipinski definition) is 2. The van der Waals surface area contributed by atoms with E-state index in [0.717, 1.165) is 30.0 Å². The molecule has 2 aromatic carbocycles. The first-order chi connectivity index (χ1) is 10.8. The molecule has 22 heavy (non-hydrogen) atoms. The Hall–Kier alpha value is -2.68. The maximum absolute atomic E-state index is 11.9. The van der Waals surface area contributed by atoms with Gasteiger partial charge in [0.2, 0.25) is 0 Å². The fraction of sp³-hybridized carbons (Fsp3) is 0.158. The van der Waals surface area contributed by atoms with Crippen molar-refractivity contribution >= 4 is 0 Å². The van der Waals surface area contributed by atoms with Crippen LogP contribution in [0.3, 0.4) is 0 Å². The van der Waals surface area contributed by atoms with Gasteiger partial charge < -0.3 is 4.57 Å². The molecule has 2 heterocycles. The van der Waals surface area contributed by atoms with Crippen molar-refractivity contribution in [3.63, 3.8) is 0 Å². The number of benzene rings is 2. The Balaban J connectivity index is 1.79. The van der Waals surface area contributed by atoms with Crippen molar-refractivity contribution in [2.45, 2.75) is 18.9 Å². The van der Waals surface area contributed by atoms with Crippen LogP contribution in [-0.4, -0.2) is 9.55 Å². The molecule has 0 saturated heterocycles. The third kappa shape index (κ3) is 2.25. The minimum absolute atomic E-state index is 0.154. The number of fused-ring (bicyclic) bond motifs is 1. The highest BCUT2D eigenvalue weighted by Crippen LogP contribution is 2.31. The minimum Gasteiger partial charge on any atom is -0.328 e. The van der Waals surface area contributed by atoms with E-state index in [2.05, 4.69) is 33.8 Å². The van der Waals surface area contributed by atoms with Gasteiger partial charge in [0.25, 0.3) is 5.56 Å². The molecule has 0 N–H and O–H groups in total. The Morgan fingerprint density at radius 3 is 2.36 bits per heavy atom. The van der Waals surface area contributed by atoms with Gasteiger partial charge in [-0.1, -0.05) is 60.7 Å². The molecule has 1 unspecified atom stereocenters. The van der Waals surface area contributed by atoms with Crippen molar-refractivity contribution in [2.75, 3.05) is 0 Å². The van der Waals surface area contributed by atoms with Gasteiger partial charge in [-0.15, -0.1) is 0 Å². The van der Waals surface area contributed by atoms with Crippen LogP contribution in [0.5, 0.6) is 0 Å². The fourth-order valence-electron chi connectivity index (χ4n) is 3.22. The van der Waals surface area contributed by atoms with Crippen LogP contribution in [0.4, 0.5) is 0 Å². The Morgan fingerprint density at radius 1 is 0.955 bits per heavy atom. The topological polar surface area (TPSA) is 34.9 Å². The fourth-order valence-corrected chi connectivity index (χ4v) is 3.22. The lowest BCUT2D eigenvalue weighted by atomic mass is 9.98. The summed E-state index contributed by atoms with van der Waals surface area (Å²) in [5.74, 6) is 1.28. The van der Waals surface area contributed by atoms with Crippen LogP contribution < -0.4 is 5.56 Å². The molecule has 0 amide bonds. The van der Waals surface area contributed by atoms with Crippen LogP contribution in [0.25, 0.3) is 11.3 Å². The van der Waals surface area contributed by atoms with Gasteiger partial charge >= 0.3 is 0 Å². The second-order valence-electron chi connectivity index (χ2n) is 5.68. The molecule has 0 bridgehead atoms. The van der Waals surface area contributed by atoms with E-state index in [-0.39, 0.29) is 5.56 Å². The van der Waals surface area contributed by atoms with Crippen molar-refractivity contribution in [3.8, 4) is 11.3 Å².